The summed E-state index contributed by atoms with van der Waals surface area (Å²) in [6, 6.07) is 0. The van der Waals surface area contributed by atoms with E-state index < -0.39 is 0 Å². The van der Waals surface area contributed by atoms with Crippen molar-refractivity contribution in [3.63, 3.8) is 0 Å². The monoisotopic (exact) mass is 412 g/mol. The number of nitrogens with one attached hydrogen (secondary N) is 2. The summed E-state index contributed by atoms with van der Waals surface area (Å²) in [6.07, 6.45) is 9.08. The van der Waals surface area contributed by atoms with Crippen LogP contribution in [0.3, 0.4) is 0 Å². The van der Waals surface area contributed by atoms with E-state index in [1.807, 2.05) is 12.4 Å². The predicted octanol–water partition coefficient (Wildman–Crippen LogP) is 6.69. The number of aliphatic imine (C=N–C) groups is 2. The van der Waals surface area contributed by atoms with Crippen molar-refractivity contribution in [1.29, 1.82) is 0 Å². The Morgan fingerprint density at radius 3 is 1.32 bits per heavy atom. The topological polar surface area (TPSA) is 56.3 Å². The number of H-pyrrole nitrogens is 2. The Bertz CT molecular complexity index is 1160. The second-order valence-corrected chi connectivity index (χ2v) is 8.90. The van der Waals surface area contributed by atoms with Gasteiger partial charge in [0.15, 0.2) is 0 Å². The first-order chi connectivity index (χ1) is 14.7. The van der Waals surface area contributed by atoms with E-state index in [1.54, 1.807) is 0 Å². The maximum Gasteiger partial charge on any atom is 0.0682 e. The molecule has 2 aromatic rings. The second-order valence-electron chi connectivity index (χ2n) is 8.90. The molecular weight excluding hydrogens is 380 g/mol. The highest BCUT2D eigenvalue weighted by molar-refractivity contribution is 5.88. The molecule has 4 rings (SSSR count). The second kappa shape index (κ2) is 7.84. The Kier molecular flexibility index (Phi) is 5.34. The number of hydrogen-bond donors (Lipinski definition) is 2. The number of allylic oxidation sites excluding steroid dienone is 4. The maximum absolute atomic E-state index is 4.56. The van der Waals surface area contributed by atoms with Gasteiger partial charge in [-0.05, 0) is 112 Å². The molecule has 4 nitrogen and oxygen atoms in total. The highest BCUT2D eigenvalue weighted by Crippen LogP contribution is 2.30. The van der Waals surface area contributed by atoms with Gasteiger partial charge in [-0.1, -0.05) is 0 Å². The van der Waals surface area contributed by atoms with Crippen LogP contribution < -0.4 is 0 Å². The van der Waals surface area contributed by atoms with Gasteiger partial charge in [0, 0.05) is 41.6 Å². The summed E-state index contributed by atoms with van der Waals surface area (Å²) in [5, 5.41) is 0. The number of aromatic nitrogens is 2. The van der Waals surface area contributed by atoms with Crippen molar-refractivity contribution in [3.05, 3.63) is 78.7 Å². The summed E-state index contributed by atoms with van der Waals surface area (Å²) in [5.41, 5.74) is 17.0. The predicted molar refractivity (Wildman–Crippen MR) is 133 cm³/mol. The quantitative estimate of drug-likeness (QED) is 0.562. The standard InChI is InChI=1S/C27H32N4/c1-14-12-28-22(16(14)3)9-24-18(5)20(7)26(30-24)11-27-21(8)19(6)25(31-27)10-23-17(4)15(2)13-29-23/h9-10,12-13,30-31H,11H2,1-8H3. The van der Waals surface area contributed by atoms with Gasteiger partial charge in [-0.3, -0.25) is 9.98 Å². The van der Waals surface area contributed by atoms with Crippen molar-refractivity contribution in [2.45, 2.75) is 61.8 Å². The minimum Gasteiger partial charge on any atom is -0.358 e. The molecule has 0 atom stereocenters. The lowest BCUT2D eigenvalue weighted by Crippen LogP contribution is -1.94. The first kappa shape index (κ1) is 21.1. The van der Waals surface area contributed by atoms with Gasteiger partial charge in [0.25, 0.3) is 0 Å². The lowest BCUT2D eigenvalue weighted by molar-refractivity contribution is 1.02. The van der Waals surface area contributed by atoms with Crippen molar-refractivity contribution >= 4 is 24.6 Å². The van der Waals surface area contributed by atoms with E-state index in [-0.39, 0.29) is 0 Å². The van der Waals surface area contributed by atoms with Gasteiger partial charge in [-0.15, -0.1) is 0 Å². The molecule has 2 aliphatic heterocycles. The molecule has 31 heavy (non-hydrogen) atoms. The van der Waals surface area contributed by atoms with Crippen LogP contribution in [0.2, 0.25) is 0 Å². The molecule has 0 bridgehead atoms. The maximum atomic E-state index is 4.56. The molecule has 160 valence electrons. The molecule has 0 fully saturated rings. The van der Waals surface area contributed by atoms with E-state index in [9.17, 15) is 0 Å². The molecular formula is C27H32N4. The van der Waals surface area contributed by atoms with Crippen LogP contribution in [-0.4, -0.2) is 22.4 Å². The van der Waals surface area contributed by atoms with Crippen molar-refractivity contribution in [2.75, 3.05) is 0 Å². The lowest BCUT2D eigenvalue weighted by atomic mass is 10.0. The fourth-order valence-corrected chi connectivity index (χ4v) is 4.06. The van der Waals surface area contributed by atoms with Gasteiger partial charge in [-0.25, -0.2) is 0 Å². The highest BCUT2D eigenvalue weighted by Gasteiger charge is 2.17. The van der Waals surface area contributed by atoms with E-state index in [4.69, 9.17) is 0 Å². The molecule has 0 spiro atoms. The van der Waals surface area contributed by atoms with E-state index in [0.717, 1.165) is 29.2 Å². The largest absolute Gasteiger partial charge is 0.358 e. The molecule has 4 heterocycles. The molecule has 4 heteroatoms. The fourth-order valence-electron chi connectivity index (χ4n) is 4.06. The molecule has 0 unspecified atom stereocenters. The highest BCUT2D eigenvalue weighted by atomic mass is 14.8. The Balaban J connectivity index is 1.66. The molecule has 0 radical (unpaired) electrons. The molecule has 2 N–H and O–H groups in total. The van der Waals surface area contributed by atoms with Gasteiger partial charge in [0.2, 0.25) is 0 Å². The third-order valence-electron chi connectivity index (χ3n) is 7.07. The van der Waals surface area contributed by atoms with Crippen molar-refractivity contribution in [2.24, 2.45) is 9.98 Å². The third kappa shape index (κ3) is 3.71. The van der Waals surface area contributed by atoms with Crippen LogP contribution in [0.1, 0.15) is 72.7 Å². The first-order valence-electron chi connectivity index (χ1n) is 10.9. The molecule has 0 saturated carbocycles. The van der Waals surface area contributed by atoms with E-state index in [2.05, 4.69) is 87.5 Å². The van der Waals surface area contributed by atoms with Crippen molar-refractivity contribution < 1.29 is 0 Å². The average Bonchev–Trinajstić information content (AvgIpc) is 3.40. The molecule has 0 aliphatic carbocycles. The summed E-state index contributed by atoms with van der Waals surface area (Å²) >= 11 is 0. The fraction of sp³-hybridized carbons (Fsp3) is 0.333. The van der Waals surface area contributed by atoms with Crippen LogP contribution in [0.25, 0.3) is 12.2 Å². The molecule has 0 amide bonds. The minimum atomic E-state index is 0.847. The van der Waals surface area contributed by atoms with Gasteiger partial charge in [-0.2, -0.15) is 0 Å². The zero-order valence-electron chi connectivity index (χ0n) is 19.9. The SMILES string of the molecule is CC1=C(C)C(=Cc2[nH]c(Cc3[nH]c(C=C4N=CC(C)=C4C)c(C)c3C)c(C)c2C)N=C1. The summed E-state index contributed by atoms with van der Waals surface area (Å²) in [6.45, 7) is 17.3. The van der Waals surface area contributed by atoms with Gasteiger partial charge in [0.05, 0.1) is 11.4 Å². The van der Waals surface area contributed by atoms with Gasteiger partial charge < -0.3 is 9.97 Å². The van der Waals surface area contributed by atoms with Crippen LogP contribution in [-0.2, 0) is 6.42 Å². The van der Waals surface area contributed by atoms with E-state index in [0.29, 0.717) is 0 Å². The molecule has 0 saturated heterocycles. The Morgan fingerprint density at radius 1 is 0.613 bits per heavy atom. The van der Waals surface area contributed by atoms with Crippen LogP contribution >= 0.6 is 0 Å². The van der Waals surface area contributed by atoms with Crippen LogP contribution in [0, 0.1) is 27.7 Å². The van der Waals surface area contributed by atoms with Crippen LogP contribution in [0.15, 0.2) is 43.7 Å². The average molecular weight is 413 g/mol. The first-order valence-corrected chi connectivity index (χ1v) is 10.9. The summed E-state index contributed by atoms with van der Waals surface area (Å²) in [7, 11) is 0. The molecule has 2 aliphatic rings. The number of rotatable bonds is 4. The van der Waals surface area contributed by atoms with Crippen molar-refractivity contribution in [3.8, 4) is 0 Å². The summed E-state index contributed by atoms with van der Waals surface area (Å²) in [4.78, 5) is 16.4. The zero-order chi connectivity index (χ0) is 22.4. The van der Waals surface area contributed by atoms with Crippen molar-refractivity contribution in [1.82, 2.24) is 9.97 Å². The molecule has 2 aromatic heterocycles. The Hall–Kier alpha value is -3.14. The Labute approximate surface area is 185 Å². The Morgan fingerprint density at radius 2 is 1.00 bits per heavy atom. The minimum absolute atomic E-state index is 0.847. The van der Waals surface area contributed by atoms with Crippen LogP contribution in [0.4, 0.5) is 0 Å². The molecule has 0 aromatic carbocycles. The van der Waals surface area contributed by atoms with E-state index >= 15 is 0 Å². The van der Waals surface area contributed by atoms with E-state index in [1.165, 1.54) is 55.9 Å². The summed E-state index contributed by atoms with van der Waals surface area (Å²) < 4.78 is 0. The zero-order valence-corrected chi connectivity index (χ0v) is 19.9. The smallest absolute Gasteiger partial charge is 0.0682 e. The third-order valence-corrected chi connectivity index (χ3v) is 7.07. The van der Waals surface area contributed by atoms with Gasteiger partial charge >= 0.3 is 0 Å². The lowest BCUT2D eigenvalue weighted by Gasteiger charge is -2.01. The van der Waals surface area contributed by atoms with Crippen LogP contribution in [0.5, 0.6) is 0 Å². The number of nitrogens with zero attached hydrogens (tertiary/aromatic N) is 2. The number of aromatic amines is 2. The van der Waals surface area contributed by atoms with Gasteiger partial charge in [0.1, 0.15) is 0 Å². The normalized spacial score (nSPS) is 18.7. The number of hydrogen-bond acceptors (Lipinski definition) is 2. The summed E-state index contributed by atoms with van der Waals surface area (Å²) in [5.74, 6) is 0.